The zero-order chi connectivity index (χ0) is 21.7. The third kappa shape index (κ3) is 6.11. The molecule has 0 bridgehead atoms. The molecule has 1 N–H and O–H groups in total. The lowest BCUT2D eigenvalue weighted by atomic mass is 9.85. The average molecular weight is 431 g/mol. The molecule has 0 aliphatic heterocycles. The molecule has 30 heavy (non-hydrogen) atoms. The maximum Gasteiger partial charge on any atom is 0.407 e. The molecule has 6 heteroatoms. The molecule has 1 aliphatic rings. The molecule has 0 radical (unpaired) electrons. The lowest BCUT2D eigenvalue weighted by molar-refractivity contribution is 0.0490. The minimum atomic E-state index is -0.466. The summed E-state index contributed by atoms with van der Waals surface area (Å²) < 4.78 is 10.7. The minimum Gasteiger partial charge on any atom is -0.497 e. The highest BCUT2D eigenvalue weighted by atomic mass is 35.5. The number of rotatable bonds is 5. The highest BCUT2D eigenvalue weighted by Gasteiger charge is 2.23. The van der Waals surface area contributed by atoms with E-state index < -0.39 is 5.60 Å². The van der Waals surface area contributed by atoms with Gasteiger partial charge in [-0.15, -0.1) is 0 Å². The van der Waals surface area contributed by atoms with Gasteiger partial charge in [0.05, 0.1) is 17.6 Å². The Hall–Kier alpha value is -2.27. The minimum absolute atomic E-state index is 0.190. The molecule has 0 unspecified atom stereocenters. The number of allylic oxidation sites excluding steroid dienone is 2. The zero-order valence-corrected chi connectivity index (χ0v) is 19.0. The molecule has 1 fully saturated rings. The summed E-state index contributed by atoms with van der Waals surface area (Å²) in [6.07, 6.45) is 10.7. The van der Waals surface area contributed by atoms with Gasteiger partial charge in [-0.05, 0) is 82.6 Å². The Morgan fingerprint density at radius 1 is 1.27 bits per heavy atom. The van der Waals surface area contributed by atoms with Crippen LogP contribution in [0.3, 0.4) is 0 Å². The second-order valence-electron chi connectivity index (χ2n) is 8.86. The Morgan fingerprint density at radius 3 is 2.67 bits per heavy atom. The predicted octanol–water partition coefficient (Wildman–Crippen LogP) is 6.08. The summed E-state index contributed by atoms with van der Waals surface area (Å²) >= 11 is 6.44. The summed E-state index contributed by atoms with van der Waals surface area (Å²) in [6, 6.07) is 6.05. The van der Waals surface area contributed by atoms with Crippen molar-refractivity contribution >= 4 is 28.6 Å². The van der Waals surface area contributed by atoms with Gasteiger partial charge in [0.1, 0.15) is 11.4 Å². The lowest BCUT2D eigenvalue weighted by Gasteiger charge is -2.28. The highest BCUT2D eigenvalue weighted by molar-refractivity contribution is 6.32. The van der Waals surface area contributed by atoms with E-state index in [1.807, 2.05) is 39.0 Å². The zero-order valence-electron chi connectivity index (χ0n) is 18.2. The second-order valence-corrected chi connectivity index (χ2v) is 9.27. The molecule has 0 saturated heterocycles. The van der Waals surface area contributed by atoms with Gasteiger partial charge in [0.25, 0.3) is 0 Å². The largest absolute Gasteiger partial charge is 0.497 e. The maximum absolute atomic E-state index is 11.9. The summed E-state index contributed by atoms with van der Waals surface area (Å²) in [5, 5.41) is 4.69. The van der Waals surface area contributed by atoms with Crippen molar-refractivity contribution in [2.45, 2.75) is 64.5 Å². The van der Waals surface area contributed by atoms with Crippen LogP contribution in [0.25, 0.3) is 10.9 Å². The number of pyridine rings is 1. The first-order chi connectivity index (χ1) is 14.2. The molecule has 162 valence electrons. The van der Waals surface area contributed by atoms with E-state index in [1.54, 1.807) is 13.3 Å². The van der Waals surface area contributed by atoms with Crippen molar-refractivity contribution in [3.05, 3.63) is 47.1 Å². The van der Waals surface area contributed by atoms with Crippen molar-refractivity contribution in [2.75, 3.05) is 7.11 Å². The Balaban J connectivity index is 1.56. The summed E-state index contributed by atoms with van der Waals surface area (Å²) in [6.45, 7) is 5.63. The fraction of sp³-hybridized carbons (Fsp3) is 0.500. The van der Waals surface area contributed by atoms with Crippen LogP contribution >= 0.6 is 11.6 Å². The lowest BCUT2D eigenvalue weighted by Crippen LogP contribution is -2.40. The van der Waals surface area contributed by atoms with Crippen LogP contribution in [0.1, 0.15) is 52.0 Å². The van der Waals surface area contributed by atoms with Gasteiger partial charge in [0, 0.05) is 17.6 Å². The van der Waals surface area contributed by atoms with E-state index in [1.165, 1.54) is 0 Å². The van der Waals surface area contributed by atoms with Gasteiger partial charge >= 0.3 is 6.09 Å². The van der Waals surface area contributed by atoms with E-state index in [-0.39, 0.29) is 12.1 Å². The molecule has 1 aliphatic carbocycles. The standard InChI is InChI=1S/C24H31ClN2O3/c1-24(2,3)30-23(28)27-17-10-8-16(9-11-17)6-5-7-19-20-14-18(29-4)12-13-22(20)26-15-21(19)25/h5-6,12-17H,7-11H2,1-4H3,(H,27,28)/t16-,17-. The summed E-state index contributed by atoms with van der Waals surface area (Å²) in [5.74, 6) is 1.32. The van der Waals surface area contributed by atoms with Gasteiger partial charge in [-0.2, -0.15) is 0 Å². The van der Waals surface area contributed by atoms with Crippen molar-refractivity contribution in [1.82, 2.24) is 10.3 Å². The van der Waals surface area contributed by atoms with Gasteiger partial charge in [-0.25, -0.2) is 4.79 Å². The Labute approximate surface area is 183 Å². The number of nitrogens with zero attached hydrogens (tertiary/aromatic N) is 1. The summed E-state index contributed by atoms with van der Waals surface area (Å²) in [4.78, 5) is 16.4. The van der Waals surface area contributed by atoms with Crippen LogP contribution in [0, 0.1) is 5.92 Å². The molecule has 0 spiro atoms. The number of carbonyl (C=O) groups is 1. The molecule has 2 aromatic rings. The smallest absolute Gasteiger partial charge is 0.407 e. The first-order valence-corrected chi connectivity index (χ1v) is 10.9. The fourth-order valence-corrected chi connectivity index (χ4v) is 4.07. The topological polar surface area (TPSA) is 60.5 Å². The second kappa shape index (κ2) is 9.69. The number of halogens is 1. The van der Waals surface area contributed by atoms with Crippen LogP contribution in [-0.2, 0) is 11.2 Å². The Kier molecular flexibility index (Phi) is 7.24. The maximum atomic E-state index is 11.9. The van der Waals surface area contributed by atoms with Crippen molar-refractivity contribution in [3.63, 3.8) is 0 Å². The number of alkyl carbamates (subject to hydrolysis) is 1. The predicted molar refractivity (Wildman–Crippen MR) is 121 cm³/mol. The molecule has 1 aromatic heterocycles. The summed E-state index contributed by atoms with van der Waals surface area (Å²) in [5.41, 5.74) is 1.52. The molecular weight excluding hydrogens is 400 g/mol. The van der Waals surface area contributed by atoms with E-state index in [4.69, 9.17) is 21.1 Å². The van der Waals surface area contributed by atoms with Gasteiger partial charge < -0.3 is 14.8 Å². The molecule has 1 amide bonds. The first kappa shape index (κ1) is 22.4. The van der Waals surface area contributed by atoms with Gasteiger partial charge in [0.15, 0.2) is 0 Å². The van der Waals surface area contributed by atoms with Crippen LogP contribution in [0.2, 0.25) is 5.02 Å². The Morgan fingerprint density at radius 2 is 2.00 bits per heavy atom. The number of ether oxygens (including phenoxy) is 2. The SMILES string of the molecule is COc1ccc2ncc(Cl)c(CC=C[C@H]3CC[C@H](NC(=O)OC(C)(C)C)CC3)c2c1. The average Bonchev–Trinajstić information content (AvgIpc) is 2.69. The number of nitrogens with one attached hydrogen (secondary N) is 1. The number of methoxy groups -OCH3 is 1. The van der Waals surface area contributed by atoms with Crippen LogP contribution in [0.5, 0.6) is 5.75 Å². The fourth-order valence-electron chi connectivity index (χ4n) is 3.85. The molecule has 1 aromatic carbocycles. The normalized spacial score (nSPS) is 19.8. The van der Waals surface area contributed by atoms with E-state index >= 15 is 0 Å². The number of carbonyl (C=O) groups excluding carboxylic acids is 1. The van der Waals surface area contributed by atoms with Crippen LogP contribution < -0.4 is 10.1 Å². The third-order valence-electron chi connectivity index (χ3n) is 5.36. The summed E-state index contributed by atoms with van der Waals surface area (Å²) in [7, 11) is 1.66. The molecule has 5 nitrogen and oxygen atoms in total. The van der Waals surface area contributed by atoms with Crippen molar-refractivity contribution < 1.29 is 14.3 Å². The van der Waals surface area contributed by atoms with E-state index in [0.29, 0.717) is 10.9 Å². The third-order valence-corrected chi connectivity index (χ3v) is 5.68. The van der Waals surface area contributed by atoms with Crippen molar-refractivity contribution in [3.8, 4) is 5.75 Å². The van der Waals surface area contributed by atoms with Gasteiger partial charge in [-0.1, -0.05) is 23.8 Å². The van der Waals surface area contributed by atoms with Crippen molar-refractivity contribution in [2.24, 2.45) is 5.92 Å². The van der Waals surface area contributed by atoms with Gasteiger partial charge in [-0.3, -0.25) is 4.98 Å². The van der Waals surface area contributed by atoms with E-state index in [2.05, 4.69) is 22.5 Å². The number of aromatic nitrogens is 1. The van der Waals surface area contributed by atoms with E-state index in [9.17, 15) is 4.79 Å². The molecule has 0 atom stereocenters. The monoisotopic (exact) mass is 430 g/mol. The highest BCUT2D eigenvalue weighted by Crippen LogP contribution is 2.29. The Bertz CT molecular complexity index is 913. The van der Waals surface area contributed by atoms with Crippen LogP contribution in [0.15, 0.2) is 36.5 Å². The number of benzene rings is 1. The molecular formula is C24H31ClN2O3. The quantitative estimate of drug-likeness (QED) is 0.584. The number of fused-ring (bicyclic) bond motifs is 1. The van der Waals surface area contributed by atoms with E-state index in [0.717, 1.165) is 54.3 Å². The number of hydrogen-bond donors (Lipinski definition) is 1. The molecule has 1 saturated carbocycles. The van der Waals surface area contributed by atoms with Crippen LogP contribution in [-0.4, -0.2) is 29.8 Å². The number of amides is 1. The van der Waals surface area contributed by atoms with Gasteiger partial charge in [0.2, 0.25) is 0 Å². The molecule has 3 rings (SSSR count). The van der Waals surface area contributed by atoms with Crippen molar-refractivity contribution in [1.29, 1.82) is 0 Å². The first-order valence-electron chi connectivity index (χ1n) is 10.5. The van der Waals surface area contributed by atoms with Crippen LogP contribution in [0.4, 0.5) is 4.79 Å². The molecule has 1 heterocycles. The number of hydrogen-bond acceptors (Lipinski definition) is 4.